The van der Waals surface area contributed by atoms with Gasteiger partial charge in [-0.3, -0.25) is 14.3 Å². The van der Waals surface area contributed by atoms with Crippen LogP contribution in [0, 0.1) is 5.92 Å². The van der Waals surface area contributed by atoms with Gasteiger partial charge in [0.2, 0.25) is 11.8 Å². The van der Waals surface area contributed by atoms with E-state index in [1.807, 2.05) is 0 Å². The standard InChI is InChI=1S/C5H8NO2P/c1-3-2-4(7)6(9)5(3)8/h3H,2,9H2,1H3. The van der Waals surface area contributed by atoms with Crippen LogP contribution < -0.4 is 0 Å². The molecule has 2 unspecified atom stereocenters. The largest absolute Gasteiger partial charge is 0.274 e. The van der Waals surface area contributed by atoms with Crippen LogP contribution in [0.4, 0.5) is 0 Å². The molecular formula is C5H8NO2P. The number of amides is 2. The normalized spacial score (nSPS) is 27.8. The van der Waals surface area contributed by atoms with Crippen LogP contribution in [0.15, 0.2) is 0 Å². The zero-order valence-corrected chi connectivity index (χ0v) is 6.28. The van der Waals surface area contributed by atoms with Crippen LogP contribution in [-0.4, -0.2) is 16.5 Å². The highest BCUT2D eigenvalue weighted by molar-refractivity contribution is 7.16. The zero-order valence-electron chi connectivity index (χ0n) is 5.13. The fraction of sp³-hybridized carbons (Fsp3) is 0.600. The van der Waals surface area contributed by atoms with Crippen molar-refractivity contribution in [2.45, 2.75) is 13.3 Å². The molecule has 0 spiro atoms. The Hall–Kier alpha value is -0.430. The van der Waals surface area contributed by atoms with E-state index in [0.717, 1.165) is 4.67 Å². The summed E-state index contributed by atoms with van der Waals surface area (Å²) in [5.41, 5.74) is 0. The molecule has 0 saturated carbocycles. The number of hydrogen-bond acceptors (Lipinski definition) is 2. The molecule has 9 heavy (non-hydrogen) atoms. The van der Waals surface area contributed by atoms with Crippen LogP contribution >= 0.6 is 9.39 Å². The summed E-state index contributed by atoms with van der Waals surface area (Å²) in [5, 5.41) is 0. The highest BCUT2D eigenvalue weighted by atomic mass is 31.0. The number of imide groups is 1. The molecule has 1 fully saturated rings. The first-order chi connectivity index (χ1) is 4.13. The molecule has 0 N–H and O–H groups in total. The first-order valence-electron chi connectivity index (χ1n) is 2.74. The Kier molecular flexibility index (Phi) is 1.54. The molecule has 2 amide bonds. The molecule has 0 radical (unpaired) electrons. The summed E-state index contributed by atoms with van der Waals surface area (Å²) < 4.78 is 1.10. The third kappa shape index (κ3) is 0.969. The van der Waals surface area contributed by atoms with Crippen molar-refractivity contribution in [3.05, 3.63) is 0 Å². The zero-order chi connectivity index (χ0) is 7.02. The topological polar surface area (TPSA) is 37.4 Å². The van der Waals surface area contributed by atoms with Crippen LogP contribution in [0.3, 0.4) is 0 Å². The predicted molar refractivity (Wildman–Crippen MR) is 35.3 cm³/mol. The van der Waals surface area contributed by atoms with Gasteiger partial charge in [0.1, 0.15) is 0 Å². The predicted octanol–water partition coefficient (Wildman–Crippen LogP) is 0.171. The van der Waals surface area contributed by atoms with Crippen LogP contribution in [-0.2, 0) is 9.59 Å². The number of rotatable bonds is 0. The molecule has 0 aromatic heterocycles. The summed E-state index contributed by atoms with van der Waals surface area (Å²) in [5.74, 6) is -0.308. The average Bonchev–Trinajstić information content (AvgIpc) is 1.98. The van der Waals surface area contributed by atoms with Crippen molar-refractivity contribution in [1.29, 1.82) is 0 Å². The highest BCUT2D eigenvalue weighted by Crippen LogP contribution is 2.21. The van der Waals surface area contributed by atoms with Crippen LogP contribution in [0.5, 0.6) is 0 Å². The van der Waals surface area contributed by atoms with Crippen LogP contribution in [0.2, 0.25) is 0 Å². The van der Waals surface area contributed by atoms with Gasteiger partial charge in [0.15, 0.2) is 0 Å². The van der Waals surface area contributed by atoms with Crippen molar-refractivity contribution in [1.82, 2.24) is 4.67 Å². The van der Waals surface area contributed by atoms with Gasteiger partial charge in [-0.1, -0.05) is 6.92 Å². The third-order valence-corrected chi connectivity index (χ3v) is 1.95. The van der Waals surface area contributed by atoms with Crippen molar-refractivity contribution in [2.75, 3.05) is 0 Å². The molecule has 50 valence electrons. The van der Waals surface area contributed by atoms with Gasteiger partial charge in [-0.25, -0.2) is 0 Å². The SMILES string of the molecule is CC1CC(=O)N(P)C1=O. The second-order valence-electron chi connectivity index (χ2n) is 2.21. The van der Waals surface area contributed by atoms with E-state index < -0.39 is 0 Å². The number of carbonyl (C=O) groups is 2. The van der Waals surface area contributed by atoms with E-state index >= 15 is 0 Å². The van der Waals surface area contributed by atoms with Gasteiger partial charge in [0.25, 0.3) is 0 Å². The van der Waals surface area contributed by atoms with Gasteiger partial charge in [-0.15, -0.1) is 0 Å². The Balaban J connectivity index is 2.77. The van der Waals surface area contributed by atoms with E-state index in [1.165, 1.54) is 0 Å². The molecule has 0 aromatic carbocycles. The summed E-state index contributed by atoms with van der Waals surface area (Å²) in [4.78, 5) is 21.5. The van der Waals surface area contributed by atoms with Gasteiger partial charge < -0.3 is 0 Å². The summed E-state index contributed by atoms with van der Waals surface area (Å²) in [6, 6.07) is 0. The fourth-order valence-corrected chi connectivity index (χ4v) is 1.17. The molecule has 1 aliphatic rings. The van der Waals surface area contributed by atoms with Crippen molar-refractivity contribution in [2.24, 2.45) is 5.92 Å². The summed E-state index contributed by atoms with van der Waals surface area (Å²) >= 11 is 0. The first-order valence-corrected chi connectivity index (χ1v) is 3.26. The smallest absolute Gasteiger partial charge is 0.235 e. The number of nitrogens with zero attached hydrogens (tertiary/aromatic N) is 1. The lowest BCUT2D eigenvalue weighted by Crippen LogP contribution is -2.18. The maximum Gasteiger partial charge on any atom is 0.235 e. The highest BCUT2D eigenvalue weighted by Gasteiger charge is 2.32. The summed E-state index contributed by atoms with van der Waals surface area (Å²) in [7, 11) is 2.11. The first kappa shape index (κ1) is 6.69. The Bertz CT molecular complexity index is 168. The maximum absolute atomic E-state index is 10.8. The average molecular weight is 145 g/mol. The molecule has 3 nitrogen and oxygen atoms in total. The van der Waals surface area contributed by atoms with Gasteiger partial charge in [-0.2, -0.15) is 0 Å². The quantitative estimate of drug-likeness (QED) is 0.360. The second kappa shape index (κ2) is 2.07. The summed E-state index contributed by atoms with van der Waals surface area (Å²) in [6.45, 7) is 1.75. The molecule has 1 saturated heterocycles. The maximum atomic E-state index is 10.8. The number of carbonyl (C=O) groups excluding carboxylic acids is 2. The minimum absolute atomic E-state index is 0.0926. The molecular weight excluding hydrogens is 137 g/mol. The van der Waals surface area contributed by atoms with Gasteiger partial charge >= 0.3 is 0 Å². The second-order valence-corrected chi connectivity index (χ2v) is 2.72. The lowest BCUT2D eigenvalue weighted by atomic mass is 10.1. The Morgan fingerprint density at radius 1 is 1.67 bits per heavy atom. The van der Waals surface area contributed by atoms with Crippen LogP contribution in [0.1, 0.15) is 13.3 Å². The summed E-state index contributed by atoms with van der Waals surface area (Å²) in [6.07, 6.45) is 0.363. The van der Waals surface area contributed by atoms with Crippen molar-refractivity contribution in [3.63, 3.8) is 0 Å². The molecule has 4 heteroatoms. The molecule has 0 bridgehead atoms. The monoisotopic (exact) mass is 145 g/mol. The Morgan fingerprint density at radius 2 is 2.22 bits per heavy atom. The van der Waals surface area contributed by atoms with E-state index in [0.29, 0.717) is 6.42 Å². The minimum atomic E-state index is -0.116. The fourth-order valence-electron chi connectivity index (χ4n) is 0.808. The molecule has 2 atom stereocenters. The van der Waals surface area contributed by atoms with E-state index in [9.17, 15) is 9.59 Å². The van der Waals surface area contributed by atoms with E-state index in [2.05, 4.69) is 9.39 Å². The van der Waals surface area contributed by atoms with E-state index in [4.69, 9.17) is 0 Å². The number of hydrogen-bond donors (Lipinski definition) is 0. The van der Waals surface area contributed by atoms with Crippen molar-refractivity contribution >= 4 is 21.2 Å². The minimum Gasteiger partial charge on any atom is -0.274 e. The van der Waals surface area contributed by atoms with E-state index in [-0.39, 0.29) is 17.7 Å². The lowest BCUT2D eigenvalue weighted by Gasteiger charge is -2.02. The lowest BCUT2D eigenvalue weighted by molar-refractivity contribution is -0.132. The van der Waals surface area contributed by atoms with Crippen LogP contribution in [0.25, 0.3) is 0 Å². The molecule has 1 heterocycles. The Labute approximate surface area is 55.7 Å². The molecule has 0 aliphatic carbocycles. The molecule has 1 aliphatic heterocycles. The van der Waals surface area contributed by atoms with Gasteiger partial charge in [0, 0.05) is 12.3 Å². The molecule has 1 rings (SSSR count). The van der Waals surface area contributed by atoms with Crippen molar-refractivity contribution < 1.29 is 9.59 Å². The third-order valence-electron chi connectivity index (χ3n) is 1.41. The van der Waals surface area contributed by atoms with Gasteiger partial charge in [0.05, 0.1) is 0 Å². The Morgan fingerprint density at radius 3 is 2.33 bits per heavy atom. The molecule has 0 aromatic rings. The van der Waals surface area contributed by atoms with E-state index in [1.54, 1.807) is 6.92 Å². The van der Waals surface area contributed by atoms with Crippen molar-refractivity contribution in [3.8, 4) is 0 Å². The van der Waals surface area contributed by atoms with Gasteiger partial charge in [-0.05, 0) is 9.39 Å².